The van der Waals surface area contributed by atoms with Crippen LogP contribution in [-0.2, 0) is 6.42 Å². The molecule has 5 rings (SSSR count). The lowest BCUT2D eigenvalue weighted by Gasteiger charge is -2.20. The standard InChI is InChI=1S/C24H25N3/c1-17-5-4-13-27(17)14-11-21-16-20-15-19(9-10-23(20)26-21)22-8-2-6-18-7-3-12-25-24(18)22/h2-3,6-10,12,15-17,26H,4-5,11,13-14H2,1H3/t17-/m1/s1. The van der Waals surface area contributed by atoms with Crippen LogP contribution in [0.25, 0.3) is 32.9 Å². The summed E-state index contributed by atoms with van der Waals surface area (Å²) in [4.78, 5) is 10.8. The van der Waals surface area contributed by atoms with Crippen molar-refractivity contribution in [3.8, 4) is 11.1 Å². The zero-order valence-electron chi connectivity index (χ0n) is 15.8. The molecule has 1 aliphatic rings. The van der Waals surface area contributed by atoms with E-state index in [1.54, 1.807) is 0 Å². The number of aromatic amines is 1. The molecule has 1 fully saturated rings. The molecule has 4 aromatic rings. The van der Waals surface area contributed by atoms with Crippen molar-refractivity contribution in [1.82, 2.24) is 14.9 Å². The summed E-state index contributed by atoms with van der Waals surface area (Å²) in [5, 5.41) is 2.47. The number of para-hydroxylation sites is 1. The first-order valence-electron chi connectivity index (χ1n) is 9.98. The second-order valence-corrected chi connectivity index (χ2v) is 7.75. The number of H-pyrrole nitrogens is 1. The maximum Gasteiger partial charge on any atom is 0.0780 e. The Labute approximate surface area is 160 Å². The van der Waals surface area contributed by atoms with Crippen molar-refractivity contribution in [3.05, 3.63) is 66.5 Å². The lowest BCUT2D eigenvalue weighted by molar-refractivity contribution is 0.271. The van der Waals surface area contributed by atoms with Crippen LogP contribution in [0.5, 0.6) is 0 Å². The number of hydrogen-bond donors (Lipinski definition) is 1. The Balaban J connectivity index is 1.45. The van der Waals surface area contributed by atoms with E-state index in [-0.39, 0.29) is 0 Å². The molecule has 3 heterocycles. The van der Waals surface area contributed by atoms with Crippen LogP contribution < -0.4 is 0 Å². The van der Waals surface area contributed by atoms with Gasteiger partial charge >= 0.3 is 0 Å². The predicted molar refractivity (Wildman–Crippen MR) is 113 cm³/mol. The predicted octanol–water partition coefficient (Wildman–Crippen LogP) is 5.41. The minimum Gasteiger partial charge on any atom is -0.358 e. The van der Waals surface area contributed by atoms with Gasteiger partial charge in [0.25, 0.3) is 0 Å². The van der Waals surface area contributed by atoms with Crippen LogP contribution in [0.4, 0.5) is 0 Å². The molecule has 1 aliphatic heterocycles. The van der Waals surface area contributed by atoms with E-state index in [0.717, 1.165) is 24.5 Å². The van der Waals surface area contributed by atoms with E-state index in [9.17, 15) is 0 Å². The molecular weight excluding hydrogens is 330 g/mol. The lowest BCUT2D eigenvalue weighted by Crippen LogP contribution is -2.29. The zero-order chi connectivity index (χ0) is 18.2. The molecule has 3 heteroatoms. The largest absolute Gasteiger partial charge is 0.358 e. The molecule has 0 amide bonds. The summed E-state index contributed by atoms with van der Waals surface area (Å²) in [6.07, 6.45) is 5.65. The number of hydrogen-bond acceptors (Lipinski definition) is 2. The van der Waals surface area contributed by atoms with E-state index in [0.29, 0.717) is 0 Å². The first-order chi connectivity index (χ1) is 13.3. The van der Waals surface area contributed by atoms with E-state index < -0.39 is 0 Å². The Morgan fingerprint density at radius 3 is 2.89 bits per heavy atom. The third-order valence-electron chi connectivity index (χ3n) is 5.98. The van der Waals surface area contributed by atoms with Crippen LogP contribution in [0, 0.1) is 0 Å². The number of nitrogens with one attached hydrogen (secondary N) is 1. The van der Waals surface area contributed by atoms with Crippen molar-refractivity contribution in [2.75, 3.05) is 13.1 Å². The highest BCUT2D eigenvalue weighted by molar-refractivity contribution is 5.96. The molecule has 27 heavy (non-hydrogen) atoms. The molecule has 0 saturated carbocycles. The normalized spacial score (nSPS) is 17.9. The van der Waals surface area contributed by atoms with Gasteiger partial charge in [0.2, 0.25) is 0 Å². The Hall–Kier alpha value is -2.65. The molecule has 0 spiro atoms. The zero-order valence-corrected chi connectivity index (χ0v) is 15.8. The van der Waals surface area contributed by atoms with Crippen molar-refractivity contribution in [2.45, 2.75) is 32.2 Å². The van der Waals surface area contributed by atoms with Gasteiger partial charge in [0, 0.05) is 52.8 Å². The molecule has 1 N–H and O–H groups in total. The minimum absolute atomic E-state index is 0.736. The number of benzene rings is 2. The maximum absolute atomic E-state index is 4.61. The molecule has 0 unspecified atom stereocenters. The molecule has 0 radical (unpaired) electrons. The Kier molecular flexibility index (Phi) is 4.17. The number of pyridine rings is 1. The summed E-state index contributed by atoms with van der Waals surface area (Å²) in [6.45, 7) is 4.75. The molecule has 1 atom stereocenters. The molecule has 1 saturated heterocycles. The van der Waals surface area contributed by atoms with Crippen molar-refractivity contribution < 1.29 is 0 Å². The smallest absolute Gasteiger partial charge is 0.0780 e. The van der Waals surface area contributed by atoms with Gasteiger partial charge in [-0.05, 0) is 56.1 Å². The quantitative estimate of drug-likeness (QED) is 0.531. The molecule has 0 aliphatic carbocycles. The van der Waals surface area contributed by atoms with Gasteiger partial charge in [-0.25, -0.2) is 0 Å². The third-order valence-corrected chi connectivity index (χ3v) is 5.98. The third kappa shape index (κ3) is 3.13. The molecule has 2 aromatic carbocycles. The topological polar surface area (TPSA) is 31.9 Å². The fraction of sp³-hybridized carbons (Fsp3) is 0.292. The van der Waals surface area contributed by atoms with Gasteiger partial charge in [-0.1, -0.05) is 30.3 Å². The highest BCUT2D eigenvalue weighted by Gasteiger charge is 2.19. The van der Waals surface area contributed by atoms with E-state index in [2.05, 4.69) is 70.3 Å². The van der Waals surface area contributed by atoms with E-state index >= 15 is 0 Å². The van der Waals surface area contributed by atoms with Gasteiger partial charge < -0.3 is 9.88 Å². The van der Waals surface area contributed by atoms with Gasteiger partial charge in [-0.15, -0.1) is 0 Å². The monoisotopic (exact) mass is 355 g/mol. The number of fused-ring (bicyclic) bond motifs is 2. The molecular formula is C24H25N3. The highest BCUT2D eigenvalue weighted by Crippen LogP contribution is 2.30. The van der Waals surface area contributed by atoms with E-state index in [1.807, 2.05) is 12.3 Å². The second-order valence-electron chi connectivity index (χ2n) is 7.75. The van der Waals surface area contributed by atoms with Crippen molar-refractivity contribution in [1.29, 1.82) is 0 Å². The van der Waals surface area contributed by atoms with Crippen LogP contribution >= 0.6 is 0 Å². The maximum atomic E-state index is 4.61. The number of likely N-dealkylation sites (tertiary alicyclic amines) is 1. The molecule has 2 aromatic heterocycles. The van der Waals surface area contributed by atoms with Crippen molar-refractivity contribution >= 4 is 21.8 Å². The number of nitrogens with zero attached hydrogens (tertiary/aromatic N) is 2. The summed E-state index contributed by atoms with van der Waals surface area (Å²) in [6, 6.07) is 20.3. The van der Waals surface area contributed by atoms with Gasteiger partial charge in [0.1, 0.15) is 0 Å². The fourth-order valence-electron chi connectivity index (χ4n) is 4.42. The van der Waals surface area contributed by atoms with Crippen LogP contribution in [-0.4, -0.2) is 34.0 Å². The van der Waals surface area contributed by atoms with Crippen molar-refractivity contribution in [2.24, 2.45) is 0 Å². The van der Waals surface area contributed by atoms with Crippen molar-refractivity contribution in [3.63, 3.8) is 0 Å². The minimum atomic E-state index is 0.736. The average Bonchev–Trinajstić information content (AvgIpc) is 3.30. The lowest BCUT2D eigenvalue weighted by atomic mass is 10.0. The summed E-state index contributed by atoms with van der Waals surface area (Å²) in [7, 11) is 0. The first kappa shape index (κ1) is 16.5. The van der Waals surface area contributed by atoms with Gasteiger partial charge in [0.15, 0.2) is 0 Å². The average molecular weight is 355 g/mol. The van der Waals surface area contributed by atoms with Crippen LogP contribution in [0.15, 0.2) is 60.8 Å². The summed E-state index contributed by atoms with van der Waals surface area (Å²) in [5.74, 6) is 0. The Morgan fingerprint density at radius 2 is 2.00 bits per heavy atom. The Morgan fingerprint density at radius 1 is 1.07 bits per heavy atom. The van der Waals surface area contributed by atoms with Crippen LogP contribution in [0.2, 0.25) is 0 Å². The first-order valence-corrected chi connectivity index (χ1v) is 9.98. The van der Waals surface area contributed by atoms with Gasteiger partial charge in [-0.3, -0.25) is 4.98 Å². The second kappa shape index (κ2) is 6.82. The van der Waals surface area contributed by atoms with Gasteiger partial charge in [0.05, 0.1) is 5.52 Å². The fourth-order valence-corrected chi connectivity index (χ4v) is 4.42. The SMILES string of the molecule is C[C@@H]1CCCN1CCc1cc2cc(-c3cccc4cccnc34)ccc2[nH]1. The molecule has 3 nitrogen and oxygen atoms in total. The number of aromatic nitrogens is 2. The van der Waals surface area contributed by atoms with Crippen LogP contribution in [0.1, 0.15) is 25.5 Å². The molecule has 136 valence electrons. The van der Waals surface area contributed by atoms with Gasteiger partial charge in [-0.2, -0.15) is 0 Å². The summed E-state index contributed by atoms with van der Waals surface area (Å²) in [5.41, 5.74) is 6.04. The van der Waals surface area contributed by atoms with E-state index in [1.165, 1.54) is 52.5 Å². The summed E-state index contributed by atoms with van der Waals surface area (Å²) >= 11 is 0. The number of rotatable bonds is 4. The highest BCUT2D eigenvalue weighted by atomic mass is 15.2. The van der Waals surface area contributed by atoms with E-state index in [4.69, 9.17) is 0 Å². The van der Waals surface area contributed by atoms with Crippen LogP contribution in [0.3, 0.4) is 0 Å². The molecule has 0 bridgehead atoms. The summed E-state index contributed by atoms with van der Waals surface area (Å²) < 4.78 is 0. The Bertz CT molecular complexity index is 1090.